The molecule has 0 bridgehead atoms. The molecule has 3 aromatic rings. The summed E-state index contributed by atoms with van der Waals surface area (Å²) in [5.41, 5.74) is 1.59. The molecule has 8 heteroatoms. The summed E-state index contributed by atoms with van der Waals surface area (Å²) in [6, 6.07) is 7.80. The molecule has 122 valence electrons. The molecule has 3 heterocycles. The lowest BCUT2D eigenvalue weighted by atomic mass is 10.2. The molecule has 0 amide bonds. The van der Waals surface area contributed by atoms with E-state index >= 15 is 0 Å². The van der Waals surface area contributed by atoms with Crippen molar-refractivity contribution in [1.29, 1.82) is 0 Å². The second kappa shape index (κ2) is 6.18. The quantitative estimate of drug-likeness (QED) is 0.527. The van der Waals surface area contributed by atoms with E-state index in [0.717, 1.165) is 3.97 Å². The van der Waals surface area contributed by atoms with Crippen LogP contribution >= 0.6 is 11.6 Å². The molecule has 0 aliphatic heterocycles. The summed E-state index contributed by atoms with van der Waals surface area (Å²) in [5.74, 6) is 0. The monoisotopic (exact) mass is 361 g/mol. The number of pyridine rings is 2. The summed E-state index contributed by atoms with van der Waals surface area (Å²) in [6.07, 6.45) is 4.60. The number of carbonyl (C=O) groups is 1. The van der Waals surface area contributed by atoms with Gasteiger partial charge in [-0.25, -0.2) is 17.4 Å². The third kappa shape index (κ3) is 2.83. The van der Waals surface area contributed by atoms with E-state index in [2.05, 4.69) is 9.97 Å². The van der Waals surface area contributed by atoms with Crippen molar-refractivity contribution in [3.05, 3.63) is 65.3 Å². The van der Waals surface area contributed by atoms with Gasteiger partial charge in [0.2, 0.25) is 0 Å². The Kier molecular flexibility index (Phi) is 4.21. The molecule has 3 aromatic heterocycles. The zero-order chi connectivity index (χ0) is 17.3. The van der Waals surface area contributed by atoms with Crippen molar-refractivity contribution < 1.29 is 13.2 Å². The molecule has 0 spiro atoms. The molecule has 0 atom stereocenters. The molecule has 0 aliphatic rings. The van der Waals surface area contributed by atoms with Crippen molar-refractivity contribution in [2.45, 2.75) is 11.8 Å². The smallest absolute Gasteiger partial charge is 0.269 e. The average molecular weight is 362 g/mol. The minimum atomic E-state index is -3.93. The van der Waals surface area contributed by atoms with Crippen LogP contribution in [0.1, 0.15) is 16.1 Å². The molecule has 0 saturated carbocycles. The van der Waals surface area contributed by atoms with Crippen molar-refractivity contribution >= 4 is 27.9 Å². The minimum absolute atomic E-state index is 0.0161. The molecule has 3 rings (SSSR count). The Labute approximate surface area is 143 Å². The van der Waals surface area contributed by atoms with Crippen LogP contribution in [0, 0.1) is 6.92 Å². The highest BCUT2D eigenvalue weighted by Gasteiger charge is 2.23. The molecular weight excluding hydrogens is 350 g/mol. The zero-order valence-electron chi connectivity index (χ0n) is 12.5. The van der Waals surface area contributed by atoms with Gasteiger partial charge in [-0.1, -0.05) is 11.6 Å². The first-order valence-corrected chi connectivity index (χ1v) is 8.72. The molecule has 0 aliphatic carbocycles. The third-order valence-corrected chi connectivity index (χ3v) is 5.38. The second-order valence-electron chi connectivity index (χ2n) is 5.05. The van der Waals surface area contributed by atoms with Crippen molar-refractivity contribution in [1.82, 2.24) is 13.9 Å². The molecule has 24 heavy (non-hydrogen) atoms. The Balaban J connectivity index is 2.24. The van der Waals surface area contributed by atoms with Crippen LogP contribution in [0.5, 0.6) is 0 Å². The maximum Gasteiger partial charge on any atom is 0.269 e. The summed E-state index contributed by atoms with van der Waals surface area (Å²) in [7, 11) is -3.93. The fraction of sp³-hybridized carbons (Fsp3) is 0.0625. The van der Waals surface area contributed by atoms with Gasteiger partial charge in [-0.15, -0.1) is 0 Å². The Morgan fingerprint density at radius 2 is 2.00 bits per heavy atom. The van der Waals surface area contributed by atoms with Crippen LogP contribution in [0.4, 0.5) is 0 Å². The van der Waals surface area contributed by atoms with Gasteiger partial charge >= 0.3 is 0 Å². The Hall–Kier alpha value is -2.51. The van der Waals surface area contributed by atoms with Gasteiger partial charge in [0.15, 0.2) is 6.29 Å². The first-order valence-electron chi connectivity index (χ1n) is 6.90. The van der Waals surface area contributed by atoms with E-state index in [9.17, 15) is 13.2 Å². The lowest BCUT2D eigenvalue weighted by Crippen LogP contribution is -2.13. The number of hydrogen-bond acceptors (Lipinski definition) is 5. The lowest BCUT2D eigenvalue weighted by Gasteiger charge is -2.11. The first kappa shape index (κ1) is 16.4. The Morgan fingerprint density at radius 3 is 2.62 bits per heavy atom. The zero-order valence-corrected chi connectivity index (χ0v) is 14.1. The van der Waals surface area contributed by atoms with Crippen LogP contribution in [0.2, 0.25) is 5.15 Å². The number of aromatic nitrogens is 3. The topological polar surface area (TPSA) is 81.9 Å². The molecule has 0 radical (unpaired) electrons. The molecule has 6 nitrogen and oxygen atoms in total. The molecule has 0 N–H and O–H groups in total. The van der Waals surface area contributed by atoms with Crippen LogP contribution in [0.15, 0.2) is 53.8 Å². The largest absolute Gasteiger partial charge is 0.298 e. The first-order chi connectivity index (χ1) is 11.4. The van der Waals surface area contributed by atoms with E-state index in [4.69, 9.17) is 11.6 Å². The van der Waals surface area contributed by atoms with Crippen LogP contribution in [0.25, 0.3) is 11.3 Å². The van der Waals surface area contributed by atoms with Gasteiger partial charge in [0.1, 0.15) is 10.0 Å². The molecule has 0 saturated heterocycles. The Morgan fingerprint density at radius 1 is 1.21 bits per heavy atom. The summed E-state index contributed by atoms with van der Waals surface area (Å²) >= 11 is 6.08. The van der Waals surface area contributed by atoms with E-state index in [1.807, 2.05) is 0 Å². The van der Waals surface area contributed by atoms with E-state index < -0.39 is 10.0 Å². The van der Waals surface area contributed by atoms with Gasteiger partial charge in [-0.3, -0.25) is 9.78 Å². The van der Waals surface area contributed by atoms with Crippen molar-refractivity contribution in [2.75, 3.05) is 0 Å². The fourth-order valence-electron chi connectivity index (χ4n) is 2.22. The number of hydrogen-bond donors (Lipinski definition) is 0. The molecule has 0 unspecified atom stereocenters. The highest BCUT2D eigenvalue weighted by Crippen LogP contribution is 2.30. The second-order valence-corrected chi connectivity index (χ2v) is 7.23. The van der Waals surface area contributed by atoms with E-state index in [-0.39, 0.29) is 21.3 Å². The highest BCUT2D eigenvalue weighted by molar-refractivity contribution is 7.90. The van der Waals surface area contributed by atoms with Gasteiger partial charge in [-0.2, -0.15) is 0 Å². The van der Waals surface area contributed by atoms with Crippen molar-refractivity contribution in [3.8, 4) is 11.3 Å². The normalized spacial score (nSPS) is 11.4. The summed E-state index contributed by atoms with van der Waals surface area (Å²) < 4.78 is 26.9. The number of carbonyl (C=O) groups excluding carboxylic acids is 1. The predicted molar refractivity (Wildman–Crippen MR) is 89.6 cm³/mol. The van der Waals surface area contributed by atoms with E-state index in [0.29, 0.717) is 17.5 Å². The Bertz CT molecular complexity index is 1010. The van der Waals surface area contributed by atoms with Crippen LogP contribution < -0.4 is 0 Å². The van der Waals surface area contributed by atoms with Crippen molar-refractivity contribution in [2.24, 2.45) is 0 Å². The SMILES string of the molecule is Cc1ccc(S(=O)(=O)n2cc(C=O)cc2-c2cccnc2Cl)cn1. The molecule has 0 fully saturated rings. The van der Waals surface area contributed by atoms with Gasteiger partial charge in [-0.05, 0) is 37.3 Å². The minimum Gasteiger partial charge on any atom is -0.298 e. The van der Waals surface area contributed by atoms with Gasteiger partial charge < -0.3 is 0 Å². The molecule has 0 aromatic carbocycles. The van der Waals surface area contributed by atoms with Crippen LogP contribution in [-0.2, 0) is 10.0 Å². The van der Waals surface area contributed by atoms with Crippen molar-refractivity contribution in [3.63, 3.8) is 0 Å². The highest BCUT2D eigenvalue weighted by atomic mass is 35.5. The van der Waals surface area contributed by atoms with Crippen LogP contribution in [0.3, 0.4) is 0 Å². The van der Waals surface area contributed by atoms with E-state index in [1.165, 1.54) is 30.7 Å². The van der Waals surface area contributed by atoms with Gasteiger partial charge in [0.05, 0.1) is 5.69 Å². The predicted octanol–water partition coefficient (Wildman–Crippen LogP) is 2.96. The number of aryl methyl sites for hydroxylation is 1. The lowest BCUT2D eigenvalue weighted by molar-refractivity contribution is 0.112. The summed E-state index contributed by atoms with van der Waals surface area (Å²) in [4.78, 5) is 19.1. The van der Waals surface area contributed by atoms with Gasteiger partial charge in [0, 0.05) is 35.4 Å². The maximum absolute atomic E-state index is 12.9. The third-order valence-electron chi connectivity index (χ3n) is 3.42. The summed E-state index contributed by atoms with van der Waals surface area (Å²) in [6.45, 7) is 1.76. The number of halogens is 1. The number of aldehydes is 1. The standard InChI is InChI=1S/C16H12ClN3O3S/c1-11-4-5-13(8-19-11)24(22,23)20-9-12(10-21)7-15(20)14-3-2-6-18-16(14)17/h2-10H,1H3. The number of nitrogens with zero attached hydrogens (tertiary/aromatic N) is 3. The average Bonchev–Trinajstić information content (AvgIpc) is 3.01. The maximum atomic E-state index is 12.9. The van der Waals surface area contributed by atoms with Crippen LogP contribution in [-0.4, -0.2) is 28.6 Å². The van der Waals surface area contributed by atoms with E-state index in [1.54, 1.807) is 25.1 Å². The summed E-state index contributed by atoms with van der Waals surface area (Å²) in [5, 5.41) is 0.145. The molecular formula is C16H12ClN3O3S. The fourth-order valence-corrected chi connectivity index (χ4v) is 3.76. The van der Waals surface area contributed by atoms with Gasteiger partial charge in [0.25, 0.3) is 10.0 Å². The number of rotatable bonds is 4.